The van der Waals surface area contributed by atoms with Gasteiger partial charge in [-0.3, -0.25) is 10.2 Å². The van der Waals surface area contributed by atoms with Gasteiger partial charge in [-0.15, -0.1) is 0 Å². The second kappa shape index (κ2) is 5.33. The van der Waals surface area contributed by atoms with Gasteiger partial charge in [-0.1, -0.05) is 0 Å². The Kier molecular flexibility index (Phi) is 4.01. The van der Waals surface area contributed by atoms with Crippen LogP contribution in [-0.4, -0.2) is 44.2 Å². The van der Waals surface area contributed by atoms with Crippen molar-refractivity contribution >= 4 is 5.91 Å². The van der Waals surface area contributed by atoms with Crippen LogP contribution in [-0.2, 0) is 9.53 Å². The van der Waals surface area contributed by atoms with E-state index in [1.165, 1.54) is 0 Å². The second-order valence-corrected chi connectivity index (χ2v) is 5.32. The van der Waals surface area contributed by atoms with Gasteiger partial charge in [0, 0.05) is 13.2 Å². The first-order chi connectivity index (χ1) is 8.19. The van der Waals surface area contributed by atoms with Crippen molar-refractivity contribution < 1.29 is 9.53 Å². The number of amides is 1. The van der Waals surface area contributed by atoms with Crippen molar-refractivity contribution in [3.8, 4) is 0 Å². The highest BCUT2D eigenvalue weighted by Gasteiger charge is 2.46. The van der Waals surface area contributed by atoms with E-state index in [1.807, 2.05) is 0 Å². The fourth-order valence-corrected chi connectivity index (χ4v) is 3.26. The summed E-state index contributed by atoms with van der Waals surface area (Å²) in [5.41, 5.74) is 2.09. The molecule has 98 valence electrons. The van der Waals surface area contributed by atoms with Crippen LogP contribution in [0.1, 0.15) is 25.7 Å². The van der Waals surface area contributed by atoms with Crippen LogP contribution < -0.4 is 11.3 Å². The molecule has 5 heteroatoms. The van der Waals surface area contributed by atoms with E-state index in [9.17, 15) is 4.79 Å². The Morgan fingerprint density at radius 2 is 1.94 bits per heavy atom. The number of hydrogen-bond donors (Lipinski definition) is 2. The second-order valence-electron chi connectivity index (χ2n) is 5.32. The Morgan fingerprint density at radius 1 is 1.35 bits per heavy atom. The number of piperidine rings is 1. The average Bonchev–Trinajstić information content (AvgIpc) is 2.39. The van der Waals surface area contributed by atoms with Crippen molar-refractivity contribution in [1.29, 1.82) is 0 Å². The van der Waals surface area contributed by atoms with Crippen LogP contribution in [0.2, 0.25) is 0 Å². The zero-order chi connectivity index (χ0) is 12.3. The summed E-state index contributed by atoms with van der Waals surface area (Å²) < 4.78 is 5.40. The van der Waals surface area contributed by atoms with E-state index in [-0.39, 0.29) is 11.3 Å². The molecule has 2 aliphatic rings. The van der Waals surface area contributed by atoms with Gasteiger partial charge >= 0.3 is 0 Å². The summed E-state index contributed by atoms with van der Waals surface area (Å²) in [5, 5.41) is 0. The van der Waals surface area contributed by atoms with Gasteiger partial charge < -0.3 is 9.64 Å². The van der Waals surface area contributed by atoms with Crippen molar-refractivity contribution in [2.75, 3.05) is 33.4 Å². The minimum absolute atomic E-state index is 0.00959. The van der Waals surface area contributed by atoms with Crippen LogP contribution >= 0.6 is 0 Å². The molecule has 2 aliphatic heterocycles. The summed E-state index contributed by atoms with van der Waals surface area (Å²) in [4.78, 5) is 14.5. The zero-order valence-electron chi connectivity index (χ0n) is 10.6. The molecule has 2 fully saturated rings. The number of hydrogen-bond acceptors (Lipinski definition) is 4. The molecule has 0 bridgehead atoms. The fourth-order valence-electron chi connectivity index (χ4n) is 3.26. The minimum Gasteiger partial charge on any atom is -0.381 e. The van der Waals surface area contributed by atoms with Crippen LogP contribution in [0.3, 0.4) is 0 Å². The number of nitrogens with two attached hydrogens (primary N) is 1. The molecular weight excluding hydrogens is 218 g/mol. The number of nitrogens with zero attached hydrogens (tertiary/aromatic N) is 1. The maximum absolute atomic E-state index is 12.2. The number of nitrogens with one attached hydrogen (secondary N) is 1. The van der Waals surface area contributed by atoms with E-state index >= 15 is 0 Å². The lowest BCUT2D eigenvalue weighted by atomic mass is 9.65. The first-order valence-corrected chi connectivity index (χ1v) is 6.46. The molecule has 0 aromatic carbocycles. The van der Waals surface area contributed by atoms with E-state index in [1.54, 1.807) is 0 Å². The predicted molar refractivity (Wildman–Crippen MR) is 65.0 cm³/mol. The van der Waals surface area contributed by atoms with Gasteiger partial charge in [-0.25, -0.2) is 5.84 Å². The lowest BCUT2D eigenvalue weighted by Crippen LogP contribution is -2.53. The highest BCUT2D eigenvalue weighted by Crippen LogP contribution is 2.43. The van der Waals surface area contributed by atoms with Gasteiger partial charge in [0.2, 0.25) is 5.91 Å². The molecule has 2 rings (SSSR count). The number of carbonyl (C=O) groups is 1. The lowest BCUT2D eigenvalue weighted by molar-refractivity contribution is -0.143. The summed E-state index contributed by atoms with van der Waals surface area (Å²) in [6.45, 7) is 3.51. The highest BCUT2D eigenvalue weighted by atomic mass is 16.5. The predicted octanol–water partition coefficient (Wildman–Crippen LogP) is 0.115. The van der Waals surface area contributed by atoms with E-state index in [2.05, 4.69) is 17.4 Å². The molecule has 0 spiro atoms. The molecule has 1 amide bonds. The standard InChI is InChI=1S/C12H23N3O2/c1-15-6-2-10(3-7-15)12(11(16)14-13)4-8-17-9-5-12/h10H,2-9,13H2,1H3,(H,14,16). The molecule has 3 N–H and O–H groups in total. The molecule has 0 saturated carbocycles. The number of ether oxygens (including phenoxy) is 1. The van der Waals surface area contributed by atoms with Crippen molar-refractivity contribution in [2.45, 2.75) is 25.7 Å². The van der Waals surface area contributed by atoms with Gasteiger partial charge in [-0.05, 0) is 51.7 Å². The minimum atomic E-state index is -0.283. The van der Waals surface area contributed by atoms with Crippen LogP contribution in [0.4, 0.5) is 0 Å². The van der Waals surface area contributed by atoms with Crippen molar-refractivity contribution in [3.05, 3.63) is 0 Å². The zero-order valence-corrected chi connectivity index (χ0v) is 10.6. The van der Waals surface area contributed by atoms with Crippen LogP contribution in [0.15, 0.2) is 0 Å². The molecule has 0 unspecified atom stereocenters. The normalized spacial score (nSPS) is 26.7. The number of hydrazine groups is 1. The molecular formula is C12H23N3O2. The van der Waals surface area contributed by atoms with Crippen molar-refractivity contribution in [2.24, 2.45) is 17.2 Å². The number of likely N-dealkylation sites (tertiary alicyclic amines) is 1. The lowest BCUT2D eigenvalue weighted by Gasteiger charge is -2.44. The third-order valence-corrected chi connectivity index (χ3v) is 4.47. The topological polar surface area (TPSA) is 67.6 Å². The summed E-state index contributed by atoms with van der Waals surface area (Å²) in [5.74, 6) is 5.83. The number of carbonyl (C=O) groups excluding carboxylic acids is 1. The largest absolute Gasteiger partial charge is 0.381 e. The summed E-state index contributed by atoms with van der Waals surface area (Å²) >= 11 is 0. The fraction of sp³-hybridized carbons (Fsp3) is 0.917. The van der Waals surface area contributed by atoms with Crippen LogP contribution in [0.5, 0.6) is 0 Å². The molecule has 0 aromatic heterocycles. The third-order valence-electron chi connectivity index (χ3n) is 4.47. The van der Waals surface area contributed by atoms with E-state index < -0.39 is 0 Å². The molecule has 17 heavy (non-hydrogen) atoms. The third kappa shape index (κ3) is 2.46. The van der Waals surface area contributed by atoms with Crippen molar-refractivity contribution in [1.82, 2.24) is 10.3 Å². The van der Waals surface area contributed by atoms with Gasteiger partial charge in [0.05, 0.1) is 5.41 Å². The maximum atomic E-state index is 12.2. The Morgan fingerprint density at radius 3 is 2.47 bits per heavy atom. The Labute approximate surface area is 103 Å². The molecule has 0 aromatic rings. The summed E-state index contributed by atoms with van der Waals surface area (Å²) in [7, 11) is 2.13. The molecule has 5 nitrogen and oxygen atoms in total. The Balaban J connectivity index is 2.12. The van der Waals surface area contributed by atoms with Crippen molar-refractivity contribution in [3.63, 3.8) is 0 Å². The van der Waals surface area contributed by atoms with Gasteiger partial charge in [0.15, 0.2) is 0 Å². The number of rotatable bonds is 2. The van der Waals surface area contributed by atoms with E-state index in [4.69, 9.17) is 10.6 Å². The van der Waals surface area contributed by atoms with Gasteiger partial charge in [0.1, 0.15) is 0 Å². The quantitative estimate of drug-likeness (QED) is 0.409. The first kappa shape index (κ1) is 12.8. The molecule has 2 heterocycles. The smallest absolute Gasteiger partial charge is 0.240 e. The van der Waals surface area contributed by atoms with Gasteiger partial charge in [-0.2, -0.15) is 0 Å². The average molecular weight is 241 g/mol. The molecule has 0 aliphatic carbocycles. The summed E-state index contributed by atoms with van der Waals surface area (Å²) in [6, 6.07) is 0. The first-order valence-electron chi connectivity index (χ1n) is 6.46. The Bertz CT molecular complexity index is 269. The van der Waals surface area contributed by atoms with Crippen LogP contribution in [0.25, 0.3) is 0 Å². The van der Waals surface area contributed by atoms with E-state index in [0.717, 1.165) is 38.8 Å². The monoisotopic (exact) mass is 241 g/mol. The van der Waals surface area contributed by atoms with E-state index in [0.29, 0.717) is 19.1 Å². The molecule has 0 radical (unpaired) electrons. The SMILES string of the molecule is CN1CCC(C2(C(=O)NN)CCOCC2)CC1. The molecule has 2 saturated heterocycles. The highest BCUT2D eigenvalue weighted by molar-refractivity contribution is 5.82. The Hall–Kier alpha value is -0.650. The van der Waals surface area contributed by atoms with Crippen LogP contribution in [0, 0.1) is 11.3 Å². The summed E-state index contributed by atoms with van der Waals surface area (Å²) in [6.07, 6.45) is 3.79. The maximum Gasteiger partial charge on any atom is 0.240 e. The van der Waals surface area contributed by atoms with Gasteiger partial charge in [0.25, 0.3) is 0 Å². The molecule has 0 atom stereocenters.